The number of para-hydroxylation sites is 1. The molecule has 3 aromatic carbocycles. The second-order valence-electron chi connectivity index (χ2n) is 6.09. The molecule has 4 heteroatoms. The average Bonchev–Trinajstić information content (AvgIpc) is 3.04. The van der Waals surface area contributed by atoms with E-state index in [1.54, 1.807) is 0 Å². The third kappa shape index (κ3) is 3.30. The highest BCUT2D eigenvalue weighted by Crippen LogP contribution is 2.23. The zero-order chi connectivity index (χ0) is 17.9. The maximum absolute atomic E-state index is 12.5. The maximum Gasteiger partial charge on any atom is 0.255 e. The minimum Gasteiger partial charge on any atom is -0.457 e. The number of benzene rings is 3. The molecule has 4 nitrogen and oxygen atoms in total. The molecule has 4 rings (SSSR count). The van der Waals surface area contributed by atoms with Crippen molar-refractivity contribution in [2.45, 2.75) is 0 Å². The van der Waals surface area contributed by atoms with Crippen LogP contribution in [0.25, 0.3) is 10.9 Å². The number of ether oxygens (including phenoxy) is 1. The zero-order valence-electron chi connectivity index (χ0n) is 14.3. The number of amides is 1. The molecule has 0 saturated heterocycles. The molecule has 1 heterocycles. The van der Waals surface area contributed by atoms with Gasteiger partial charge < -0.3 is 14.6 Å². The first kappa shape index (κ1) is 16.0. The molecule has 0 atom stereocenters. The SMILES string of the molecule is Cn1ccc2cc(C(=O)Nc3ccc(Oc4ccccc4)cc3)ccc21. The minimum atomic E-state index is -0.132. The van der Waals surface area contributed by atoms with E-state index in [0.717, 1.165) is 28.1 Å². The van der Waals surface area contributed by atoms with Gasteiger partial charge in [0, 0.05) is 35.4 Å². The molecule has 128 valence electrons. The summed E-state index contributed by atoms with van der Waals surface area (Å²) in [6.45, 7) is 0. The lowest BCUT2D eigenvalue weighted by Crippen LogP contribution is -2.11. The number of hydrogen-bond donors (Lipinski definition) is 1. The first-order valence-electron chi connectivity index (χ1n) is 8.38. The van der Waals surface area contributed by atoms with E-state index in [0.29, 0.717) is 5.56 Å². The molecule has 1 N–H and O–H groups in total. The highest BCUT2D eigenvalue weighted by molar-refractivity contribution is 6.06. The number of hydrogen-bond acceptors (Lipinski definition) is 2. The molecule has 4 aromatic rings. The molecule has 1 amide bonds. The Balaban J connectivity index is 1.46. The number of aromatic nitrogens is 1. The van der Waals surface area contributed by atoms with E-state index in [9.17, 15) is 4.79 Å². The Morgan fingerprint density at radius 1 is 0.885 bits per heavy atom. The van der Waals surface area contributed by atoms with Crippen molar-refractivity contribution in [3.05, 3.63) is 90.6 Å². The zero-order valence-corrected chi connectivity index (χ0v) is 14.3. The van der Waals surface area contributed by atoms with E-state index in [-0.39, 0.29) is 5.91 Å². The van der Waals surface area contributed by atoms with Crippen molar-refractivity contribution in [2.24, 2.45) is 7.05 Å². The van der Waals surface area contributed by atoms with Crippen molar-refractivity contribution >= 4 is 22.5 Å². The van der Waals surface area contributed by atoms with E-state index < -0.39 is 0 Å². The Morgan fingerprint density at radius 3 is 2.38 bits per heavy atom. The Kier molecular flexibility index (Phi) is 4.15. The fraction of sp³-hybridized carbons (Fsp3) is 0.0455. The fourth-order valence-electron chi connectivity index (χ4n) is 2.86. The first-order chi connectivity index (χ1) is 12.7. The third-order valence-electron chi connectivity index (χ3n) is 4.24. The summed E-state index contributed by atoms with van der Waals surface area (Å²) < 4.78 is 7.79. The summed E-state index contributed by atoms with van der Waals surface area (Å²) in [6, 6.07) is 24.6. The van der Waals surface area contributed by atoms with E-state index in [4.69, 9.17) is 4.74 Å². The number of anilines is 1. The fourth-order valence-corrected chi connectivity index (χ4v) is 2.86. The molecule has 26 heavy (non-hydrogen) atoms. The van der Waals surface area contributed by atoms with Gasteiger partial charge in [0.1, 0.15) is 11.5 Å². The van der Waals surface area contributed by atoms with Crippen LogP contribution in [-0.4, -0.2) is 10.5 Å². The van der Waals surface area contributed by atoms with Crippen LogP contribution in [0.3, 0.4) is 0 Å². The molecule has 0 aliphatic heterocycles. The summed E-state index contributed by atoms with van der Waals surface area (Å²) in [4.78, 5) is 12.5. The number of fused-ring (bicyclic) bond motifs is 1. The predicted molar refractivity (Wildman–Crippen MR) is 104 cm³/mol. The summed E-state index contributed by atoms with van der Waals surface area (Å²) in [5.41, 5.74) is 2.46. The number of nitrogens with one attached hydrogen (secondary N) is 1. The van der Waals surface area contributed by atoms with Crippen LogP contribution in [0.2, 0.25) is 0 Å². The van der Waals surface area contributed by atoms with Gasteiger partial charge >= 0.3 is 0 Å². The Bertz CT molecular complexity index is 1050. The molecule has 0 radical (unpaired) electrons. The molecule has 0 fully saturated rings. The van der Waals surface area contributed by atoms with Crippen LogP contribution >= 0.6 is 0 Å². The summed E-state index contributed by atoms with van der Waals surface area (Å²) in [5.74, 6) is 1.37. The lowest BCUT2D eigenvalue weighted by atomic mass is 10.1. The van der Waals surface area contributed by atoms with Gasteiger partial charge in [0.25, 0.3) is 5.91 Å². The Hall–Kier alpha value is -3.53. The largest absolute Gasteiger partial charge is 0.457 e. The smallest absolute Gasteiger partial charge is 0.255 e. The molecular weight excluding hydrogens is 324 g/mol. The van der Waals surface area contributed by atoms with Crippen LogP contribution < -0.4 is 10.1 Å². The molecule has 0 saturated carbocycles. The number of nitrogens with zero attached hydrogens (tertiary/aromatic N) is 1. The molecule has 0 aliphatic rings. The highest BCUT2D eigenvalue weighted by atomic mass is 16.5. The van der Waals surface area contributed by atoms with Crippen LogP contribution in [0, 0.1) is 0 Å². The van der Waals surface area contributed by atoms with Gasteiger partial charge in [-0.05, 0) is 60.7 Å². The maximum atomic E-state index is 12.5. The van der Waals surface area contributed by atoms with Crippen molar-refractivity contribution in [3.63, 3.8) is 0 Å². The molecule has 0 bridgehead atoms. The van der Waals surface area contributed by atoms with E-state index in [1.807, 2.05) is 96.7 Å². The van der Waals surface area contributed by atoms with Crippen molar-refractivity contribution in [1.82, 2.24) is 4.57 Å². The molecule has 0 spiro atoms. The van der Waals surface area contributed by atoms with Crippen LogP contribution in [0.1, 0.15) is 10.4 Å². The molecule has 1 aromatic heterocycles. The second-order valence-corrected chi connectivity index (χ2v) is 6.09. The molecule has 0 unspecified atom stereocenters. The lowest BCUT2D eigenvalue weighted by molar-refractivity contribution is 0.102. The lowest BCUT2D eigenvalue weighted by Gasteiger charge is -2.08. The predicted octanol–water partition coefficient (Wildman–Crippen LogP) is 5.22. The van der Waals surface area contributed by atoms with Gasteiger partial charge in [0.05, 0.1) is 0 Å². The first-order valence-corrected chi connectivity index (χ1v) is 8.38. The summed E-state index contributed by atoms with van der Waals surface area (Å²) in [7, 11) is 1.99. The van der Waals surface area contributed by atoms with Gasteiger partial charge in [-0.3, -0.25) is 4.79 Å². The van der Waals surface area contributed by atoms with Gasteiger partial charge in [0.2, 0.25) is 0 Å². The molecule has 0 aliphatic carbocycles. The van der Waals surface area contributed by atoms with Crippen molar-refractivity contribution in [3.8, 4) is 11.5 Å². The van der Waals surface area contributed by atoms with Crippen LogP contribution in [0.5, 0.6) is 11.5 Å². The highest BCUT2D eigenvalue weighted by Gasteiger charge is 2.08. The van der Waals surface area contributed by atoms with Crippen LogP contribution in [0.15, 0.2) is 85.1 Å². The number of carbonyl (C=O) groups excluding carboxylic acids is 1. The van der Waals surface area contributed by atoms with Crippen LogP contribution in [0.4, 0.5) is 5.69 Å². The number of rotatable bonds is 4. The van der Waals surface area contributed by atoms with E-state index >= 15 is 0 Å². The summed E-state index contributed by atoms with van der Waals surface area (Å²) >= 11 is 0. The van der Waals surface area contributed by atoms with Crippen molar-refractivity contribution in [1.29, 1.82) is 0 Å². The standard InChI is InChI=1S/C22H18N2O2/c1-24-14-13-16-15-17(7-12-21(16)24)22(25)23-18-8-10-20(11-9-18)26-19-5-3-2-4-6-19/h2-15H,1H3,(H,23,25). The molecular formula is C22H18N2O2. The van der Waals surface area contributed by atoms with Crippen LogP contribution in [-0.2, 0) is 7.05 Å². The monoisotopic (exact) mass is 342 g/mol. The average molecular weight is 342 g/mol. The van der Waals surface area contributed by atoms with E-state index in [2.05, 4.69) is 5.32 Å². The third-order valence-corrected chi connectivity index (χ3v) is 4.24. The van der Waals surface area contributed by atoms with Gasteiger partial charge in [-0.1, -0.05) is 18.2 Å². The van der Waals surface area contributed by atoms with Crippen molar-refractivity contribution < 1.29 is 9.53 Å². The number of carbonyl (C=O) groups is 1. The topological polar surface area (TPSA) is 43.3 Å². The van der Waals surface area contributed by atoms with Gasteiger partial charge in [-0.25, -0.2) is 0 Å². The van der Waals surface area contributed by atoms with E-state index in [1.165, 1.54) is 0 Å². The minimum absolute atomic E-state index is 0.132. The van der Waals surface area contributed by atoms with Gasteiger partial charge in [-0.2, -0.15) is 0 Å². The summed E-state index contributed by atoms with van der Waals surface area (Å²) in [5, 5.41) is 3.97. The normalized spacial score (nSPS) is 10.7. The Labute approximate surface area is 151 Å². The van der Waals surface area contributed by atoms with Gasteiger partial charge in [-0.15, -0.1) is 0 Å². The Morgan fingerprint density at radius 2 is 1.62 bits per heavy atom. The second kappa shape index (κ2) is 6.76. The quantitative estimate of drug-likeness (QED) is 0.552. The summed E-state index contributed by atoms with van der Waals surface area (Å²) in [6.07, 6.45) is 1.98. The van der Waals surface area contributed by atoms with Gasteiger partial charge in [0.15, 0.2) is 0 Å². The van der Waals surface area contributed by atoms with Crippen molar-refractivity contribution in [2.75, 3.05) is 5.32 Å². The number of aryl methyl sites for hydroxylation is 1.